The SMILES string of the molecule is COc1cccc(C2=NN(C(=O)CN(C)C(=O)C3CCCC3)[C@@H](c3ccc(Cl)cc3)C2)c1. The van der Waals surface area contributed by atoms with Crippen LogP contribution >= 0.6 is 11.6 Å². The van der Waals surface area contributed by atoms with Gasteiger partial charge in [0.2, 0.25) is 5.91 Å². The highest BCUT2D eigenvalue weighted by Gasteiger charge is 2.35. The molecule has 32 heavy (non-hydrogen) atoms. The molecule has 0 N–H and O–H groups in total. The fourth-order valence-electron chi connectivity index (χ4n) is 4.50. The van der Waals surface area contributed by atoms with Gasteiger partial charge in [-0.1, -0.05) is 48.7 Å². The Morgan fingerprint density at radius 1 is 1.16 bits per heavy atom. The van der Waals surface area contributed by atoms with E-state index in [0.29, 0.717) is 11.4 Å². The number of hydrogen-bond acceptors (Lipinski definition) is 4. The van der Waals surface area contributed by atoms with Gasteiger partial charge < -0.3 is 9.64 Å². The van der Waals surface area contributed by atoms with Crippen LogP contribution in [0.5, 0.6) is 5.75 Å². The predicted molar refractivity (Wildman–Crippen MR) is 125 cm³/mol. The van der Waals surface area contributed by atoms with E-state index in [1.165, 1.54) is 5.01 Å². The normalized spacial score (nSPS) is 18.5. The monoisotopic (exact) mass is 453 g/mol. The van der Waals surface area contributed by atoms with Crippen LogP contribution < -0.4 is 4.74 Å². The zero-order valence-corrected chi connectivity index (χ0v) is 19.2. The lowest BCUT2D eigenvalue weighted by molar-refractivity contribution is -0.142. The van der Waals surface area contributed by atoms with Gasteiger partial charge in [-0.3, -0.25) is 9.59 Å². The number of rotatable bonds is 6. The van der Waals surface area contributed by atoms with Gasteiger partial charge in [0.25, 0.3) is 5.91 Å². The highest BCUT2D eigenvalue weighted by Crippen LogP contribution is 2.34. The molecule has 0 bridgehead atoms. The minimum atomic E-state index is -0.254. The molecule has 2 aromatic carbocycles. The predicted octanol–water partition coefficient (Wildman–Crippen LogP) is 4.67. The summed E-state index contributed by atoms with van der Waals surface area (Å²) in [6.45, 7) is 0.00825. The molecular formula is C25H28ClN3O3. The zero-order valence-electron chi connectivity index (χ0n) is 18.5. The van der Waals surface area contributed by atoms with Gasteiger partial charge in [0.15, 0.2) is 0 Å². The summed E-state index contributed by atoms with van der Waals surface area (Å²) in [7, 11) is 3.33. The lowest BCUT2D eigenvalue weighted by Crippen LogP contribution is -2.41. The molecule has 0 unspecified atom stereocenters. The molecular weight excluding hydrogens is 426 g/mol. The molecule has 1 aliphatic carbocycles. The Morgan fingerprint density at radius 2 is 1.88 bits per heavy atom. The molecule has 168 valence electrons. The Labute approximate surface area is 193 Å². The topological polar surface area (TPSA) is 62.2 Å². The van der Waals surface area contributed by atoms with E-state index < -0.39 is 0 Å². The maximum atomic E-state index is 13.3. The standard InChI is InChI=1S/C25H28ClN3O3/c1-28(25(31)18-6-3-4-7-18)16-24(30)29-23(17-10-12-20(26)13-11-17)15-22(27-29)19-8-5-9-21(14-19)32-2/h5,8-14,18,23H,3-4,6-7,15-16H2,1-2H3/t23-/m1/s1. The van der Waals surface area contributed by atoms with Gasteiger partial charge in [0.1, 0.15) is 12.3 Å². The van der Waals surface area contributed by atoms with Gasteiger partial charge >= 0.3 is 0 Å². The Morgan fingerprint density at radius 3 is 2.56 bits per heavy atom. The van der Waals surface area contributed by atoms with Crippen molar-refractivity contribution in [1.82, 2.24) is 9.91 Å². The molecule has 1 aliphatic heterocycles. The molecule has 6 nitrogen and oxygen atoms in total. The van der Waals surface area contributed by atoms with Crippen molar-refractivity contribution in [3.8, 4) is 5.75 Å². The van der Waals surface area contributed by atoms with Crippen LogP contribution in [0.2, 0.25) is 5.02 Å². The van der Waals surface area contributed by atoms with E-state index in [1.54, 1.807) is 19.1 Å². The first-order chi connectivity index (χ1) is 15.5. The van der Waals surface area contributed by atoms with Crippen molar-refractivity contribution in [3.05, 3.63) is 64.7 Å². The zero-order chi connectivity index (χ0) is 22.7. The minimum Gasteiger partial charge on any atom is -0.497 e. The van der Waals surface area contributed by atoms with Crippen molar-refractivity contribution >= 4 is 29.1 Å². The molecule has 0 spiro atoms. The van der Waals surface area contributed by atoms with Gasteiger partial charge in [-0.05, 0) is 42.7 Å². The van der Waals surface area contributed by atoms with Crippen LogP contribution in [0.25, 0.3) is 0 Å². The van der Waals surface area contributed by atoms with Crippen LogP contribution in [0.1, 0.15) is 49.3 Å². The largest absolute Gasteiger partial charge is 0.497 e. The third-order valence-corrected chi connectivity index (χ3v) is 6.53. The van der Waals surface area contributed by atoms with Gasteiger partial charge in [-0.15, -0.1) is 0 Å². The maximum absolute atomic E-state index is 13.3. The number of carbonyl (C=O) groups excluding carboxylic acids is 2. The second kappa shape index (κ2) is 9.74. The fraction of sp³-hybridized carbons (Fsp3) is 0.400. The number of methoxy groups -OCH3 is 1. The van der Waals surface area contributed by atoms with Gasteiger partial charge in [0, 0.05) is 30.0 Å². The molecule has 0 aromatic heterocycles. The van der Waals surface area contributed by atoms with Crippen LogP contribution in [0.4, 0.5) is 0 Å². The van der Waals surface area contributed by atoms with E-state index in [9.17, 15) is 9.59 Å². The van der Waals surface area contributed by atoms with Gasteiger partial charge in [-0.2, -0.15) is 5.10 Å². The number of benzene rings is 2. The average molecular weight is 454 g/mol. The number of nitrogens with zero attached hydrogens (tertiary/aromatic N) is 3. The van der Waals surface area contributed by atoms with E-state index in [-0.39, 0.29) is 30.3 Å². The van der Waals surface area contributed by atoms with E-state index in [2.05, 4.69) is 0 Å². The summed E-state index contributed by atoms with van der Waals surface area (Å²) in [4.78, 5) is 27.6. The van der Waals surface area contributed by atoms with Crippen LogP contribution in [-0.2, 0) is 9.59 Å². The third-order valence-electron chi connectivity index (χ3n) is 6.28. The van der Waals surface area contributed by atoms with Crippen LogP contribution in [0, 0.1) is 5.92 Å². The number of amides is 2. The van der Waals surface area contributed by atoms with Crippen molar-refractivity contribution in [2.24, 2.45) is 11.0 Å². The average Bonchev–Trinajstić information content (AvgIpc) is 3.50. The summed E-state index contributed by atoms with van der Waals surface area (Å²) in [5, 5.41) is 6.86. The Hall–Kier alpha value is -2.86. The van der Waals surface area contributed by atoms with Crippen LogP contribution in [-0.4, -0.2) is 48.1 Å². The molecule has 7 heteroatoms. The number of hydrazone groups is 1. The Balaban J connectivity index is 1.58. The molecule has 1 saturated carbocycles. The summed E-state index contributed by atoms with van der Waals surface area (Å²) < 4.78 is 5.35. The third kappa shape index (κ3) is 4.80. The molecule has 1 fully saturated rings. The molecule has 0 saturated heterocycles. The molecule has 2 aliphatic rings. The minimum absolute atomic E-state index is 0.00825. The van der Waals surface area contributed by atoms with Crippen molar-refractivity contribution in [3.63, 3.8) is 0 Å². The summed E-state index contributed by atoms with van der Waals surface area (Å²) in [5.74, 6) is 0.626. The molecule has 1 heterocycles. The van der Waals surface area contributed by atoms with Gasteiger partial charge in [0.05, 0.1) is 18.9 Å². The Kier molecular flexibility index (Phi) is 6.80. The quantitative estimate of drug-likeness (QED) is 0.638. The van der Waals surface area contributed by atoms with Crippen LogP contribution in [0.15, 0.2) is 53.6 Å². The highest BCUT2D eigenvalue weighted by molar-refractivity contribution is 6.30. The first kappa shape index (κ1) is 22.3. The van der Waals surface area contributed by atoms with Crippen molar-refractivity contribution in [2.45, 2.75) is 38.1 Å². The molecule has 1 atom stereocenters. The molecule has 0 radical (unpaired) electrons. The molecule has 2 aromatic rings. The van der Waals surface area contributed by atoms with E-state index in [1.807, 2.05) is 48.5 Å². The Bertz CT molecular complexity index is 1020. The van der Waals surface area contributed by atoms with E-state index in [4.69, 9.17) is 21.4 Å². The summed E-state index contributed by atoms with van der Waals surface area (Å²) in [5.41, 5.74) is 2.67. The fourth-order valence-corrected chi connectivity index (χ4v) is 4.63. The summed E-state index contributed by atoms with van der Waals surface area (Å²) in [6, 6.07) is 14.9. The van der Waals surface area contributed by atoms with E-state index >= 15 is 0 Å². The van der Waals surface area contributed by atoms with Gasteiger partial charge in [-0.25, -0.2) is 5.01 Å². The first-order valence-electron chi connectivity index (χ1n) is 11.0. The van der Waals surface area contributed by atoms with Crippen molar-refractivity contribution < 1.29 is 14.3 Å². The van der Waals surface area contributed by atoms with Crippen LogP contribution in [0.3, 0.4) is 0 Å². The molecule has 4 rings (SSSR count). The second-order valence-corrected chi connectivity index (χ2v) is 8.90. The van der Waals surface area contributed by atoms with E-state index in [0.717, 1.165) is 48.3 Å². The lowest BCUT2D eigenvalue weighted by atomic mass is 9.98. The number of carbonyl (C=O) groups is 2. The number of ether oxygens (including phenoxy) is 1. The second-order valence-electron chi connectivity index (χ2n) is 8.46. The summed E-state index contributed by atoms with van der Waals surface area (Å²) in [6.07, 6.45) is 4.55. The van der Waals surface area contributed by atoms with Crippen molar-refractivity contribution in [1.29, 1.82) is 0 Å². The molecule has 2 amide bonds. The summed E-state index contributed by atoms with van der Waals surface area (Å²) >= 11 is 6.07. The number of halogens is 1. The number of hydrogen-bond donors (Lipinski definition) is 0. The smallest absolute Gasteiger partial charge is 0.262 e. The highest BCUT2D eigenvalue weighted by atomic mass is 35.5. The number of likely N-dealkylation sites (N-methyl/N-ethyl adjacent to an activating group) is 1. The van der Waals surface area contributed by atoms with Crippen molar-refractivity contribution in [2.75, 3.05) is 20.7 Å². The maximum Gasteiger partial charge on any atom is 0.262 e. The lowest BCUT2D eigenvalue weighted by Gasteiger charge is -2.26. The first-order valence-corrected chi connectivity index (χ1v) is 11.4.